The Bertz CT molecular complexity index is 1460. The van der Waals surface area contributed by atoms with Crippen molar-refractivity contribution in [2.75, 3.05) is 7.11 Å². The van der Waals surface area contributed by atoms with Gasteiger partial charge in [0.1, 0.15) is 5.75 Å². The van der Waals surface area contributed by atoms with E-state index in [9.17, 15) is 30.3 Å². The molecule has 38 heavy (non-hydrogen) atoms. The Balaban J connectivity index is 1.98. The number of benzene rings is 4. The first-order chi connectivity index (χ1) is 18.3. The number of nitro benzene ring substituents is 3. The van der Waals surface area contributed by atoms with Crippen molar-refractivity contribution >= 4 is 46.2 Å². The molecule has 0 radical (unpaired) electrons. The Morgan fingerprint density at radius 1 is 0.658 bits per heavy atom. The van der Waals surface area contributed by atoms with Crippen molar-refractivity contribution in [3.63, 3.8) is 0 Å². The maximum absolute atomic E-state index is 11.3. The number of ether oxygens (including phenoxy) is 1. The number of hydrogen-bond donors (Lipinski definition) is 0. The van der Waals surface area contributed by atoms with Crippen LogP contribution in [0.1, 0.15) is 11.1 Å². The molecule has 188 valence electrons. The highest BCUT2D eigenvalue weighted by atomic mass is 16.6. The second-order valence-corrected chi connectivity index (χ2v) is 8.28. The van der Waals surface area contributed by atoms with Crippen molar-refractivity contribution in [1.29, 1.82) is 0 Å². The molecule has 0 saturated heterocycles. The van der Waals surface area contributed by atoms with Gasteiger partial charge in [0.05, 0.1) is 21.9 Å². The molecule has 10 nitrogen and oxygen atoms in total. The third-order valence-corrected chi connectivity index (χ3v) is 6.05. The standard InChI is InChI=1S/C27H20BN3O7/c1-38-27-5-3-2-4-20(27)18-26(19-6-12-23(13-7-19)29(32)33)28(21-8-14-24(15-9-21)30(34)35)22-10-16-25(17-11-22)31(36)37/h2-18H,1H3/b26-18-. The van der Waals surface area contributed by atoms with Crippen LogP contribution in [0.3, 0.4) is 0 Å². The molecule has 0 amide bonds. The van der Waals surface area contributed by atoms with E-state index in [0.29, 0.717) is 27.7 Å². The lowest BCUT2D eigenvalue weighted by Gasteiger charge is -2.20. The van der Waals surface area contributed by atoms with E-state index >= 15 is 0 Å². The van der Waals surface area contributed by atoms with E-state index in [-0.39, 0.29) is 17.1 Å². The summed E-state index contributed by atoms with van der Waals surface area (Å²) in [6.07, 6.45) is 1.88. The molecular formula is C27H20BN3O7. The molecule has 11 heteroatoms. The van der Waals surface area contributed by atoms with Gasteiger partial charge in [0.25, 0.3) is 17.1 Å². The number of rotatable bonds is 9. The third kappa shape index (κ3) is 5.57. The summed E-state index contributed by atoms with van der Waals surface area (Å²) in [7, 11) is 1.54. The second kappa shape index (κ2) is 11.2. The van der Waals surface area contributed by atoms with Crippen molar-refractivity contribution in [2.24, 2.45) is 0 Å². The summed E-state index contributed by atoms with van der Waals surface area (Å²) in [6.45, 7) is -0.539. The van der Waals surface area contributed by atoms with Gasteiger partial charge in [-0.2, -0.15) is 0 Å². The Kier molecular flexibility index (Phi) is 7.57. The zero-order valence-corrected chi connectivity index (χ0v) is 20.1. The molecule has 0 aliphatic heterocycles. The molecular weight excluding hydrogens is 489 g/mol. The minimum atomic E-state index is -0.539. The van der Waals surface area contributed by atoms with Crippen molar-refractivity contribution < 1.29 is 19.5 Å². The first kappa shape index (κ1) is 25.8. The molecule has 4 aromatic rings. The summed E-state index contributed by atoms with van der Waals surface area (Å²) in [5, 5.41) is 33.8. The van der Waals surface area contributed by atoms with Gasteiger partial charge in [0.2, 0.25) is 6.71 Å². The van der Waals surface area contributed by atoms with Crippen LogP contribution < -0.4 is 15.7 Å². The fourth-order valence-corrected chi connectivity index (χ4v) is 4.19. The molecule has 0 fully saturated rings. The van der Waals surface area contributed by atoms with Crippen molar-refractivity contribution in [2.45, 2.75) is 0 Å². The fourth-order valence-electron chi connectivity index (χ4n) is 4.19. The third-order valence-electron chi connectivity index (χ3n) is 6.05. The van der Waals surface area contributed by atoms with E-state index in [4.69, 9.17) is 4.74 Å². The zero-order valence-electron chi connectivity index (χ0n) is 20.1. The van der Waals surface area contributed by atoms with E-state index in [1.54, 1.807) is 49.6 Å². The van der Waals surface area contributed by atoms with Crippen molar-refractivity contribution in [3.8, 4) is 5.75 Å². The second-order valence-electron chi connectivity index (χ2n) is 8.28. The first-order valence-corrected chi connectivity index (χ1v) is 11.4. The molecule has 0 saturated carbocycles. The molecule has 0 aromatic heterocycles. The van der Waals surface area contributed by atoms with Crippen LogP contribution in [-0.2, 0) is 0 Å². The molecule has 4 rings (SSSR count). The monoisotopic (exact) mass is 509 g/mol. The quantitative estimate of drug-likeness (QED) is 0.137. The number of hydrogen-bond acceptors (Lipinski definition) is 7. The van der Waals surface area contributed by atoms with E-state index in [2.05, 4.69) is 0 Å². The molecule has 0 spiro atoms. The van der Waals surface area contributed by atoms with Gasteiger partial charge >= 0.3 is 0 Å². The van der Waals surface area contributed by atoms with E-state index in [1.807, 2.05) is 24.3 Å². The zero-order chi connectivity index (χ0) is 27.2. The largest absolute Gasteiger partial charge is 0.496 e. The van der Waals surface area contributed by atoms with E-state index in [1.165, 1.54) is 36.4 Å². The average Bonchev–Trinajstić information content (AvgIpc) is 2.93. The number of methoxy groups -OCH3 is 1. The lowest BCUT2D eigenvalue weighted by molar-refractivity contribution is -0.385. The van der Waals surface area contributed by atoms with E-state index in [0.717, 1.165) is 5.56 Å². The topological polar surface area (TPSA) is 139 Å². The lowest BCUT2D eigenvalue weighted by atomic mass is 9.35. The smallest absolute Gasteiger partial charge is 0.269 e. The minimum Gasteiger partial charge on any atom is -0.496 e. The molecule has 0 aliphatic carbocycles. The summed E-state index contributed by atoms with van der Waals surface area (Å²) in [6, 6.07) is 25.5. The predicted molar refractivity (Wildman–Crippen MR) is 145 cm³/mol. The highest BCUT2D eigenvalue weighted by Crippen LogP contribution is 2.28. The molecule has 4 aromatic carbocycles. The highest BCUT2D eigenvalue weighted by molar-refractivity contribution is 7.00. The van der Waals surface area contributed by atoms with E-state index < -0.39 is 21.5 Å². The number of nitrogens with zero attached hydrogens (tertiary/aromatic N) is 3. The summed E-state index contributed by atoms with van der Waals surface area (Å²) in [5.74, 6) is 0.595. The summed E-state index contributed by atoms with van der Waals surface area (Å²) < 4.78 is 5.52. The summed E-state index contributed by atoms with van der Waals surface area (Å²) in [5.41, 5.74) is 3.22. The Morgan fingerprint density at radius 3 is 1.50 bits per heavy atom. The number of non-ortho nitro benzene ring substituents is 3. The van der Waals surface area contributed by atoms with Gasteiger partial charge in [-0.3, -0.25) is 30.3 Å². The average molecular weight is 509 g/mol. The van der Waals surface area contributed by atoms with Crippen LogP contribution in [0.4, 0.5) is 17.1 Å². The predicted octanol–water partition coefficient (Wildman–Crippen LogP) is 4.81. The van der Waals surface area contributed by atoms with Gasteiger partial charge in [-0.05, 0) is 23.8 Å². The Labute approximate surface area is 217 Å². The Hall–Kier alpha value is -5.32. The first-order valence-electron chi connectivity index (χ1n) is 11.4. The normalized spacial score (nSPS) is 11.0. The highest BCUT2D eigenvalue weighted by Gasteiger charge is 2.27. The number of para-hydroxylation sites is 1. The van der Waals surface area contributed by atoms with Crippen LogP contribution in [-0.4, -0.2) is 28.6 Å². The van der Waals surface area contributed by atoms with Gasteiger partial charge in [-0.15, -0.1) is 0 Å². The lowest BCUT2D eigenvalue weighted by Crippen LogP contribution is -2.43. The SMILES string of the molecule is COc1ccccc1/C=C(\B(c1ccc([N+](=O)[O-])cc1)c1ccc([N+](=O)[O-])cc1)c1ccc([N+](=O)[O-])cc1. The fraction of sp³-hybridized carbons (Fsp3) is 0.0370. The summed E-state index contributed by atoms with van der Waals surface area (Å²) >= 11 is 0. The molecule has 0 N–H and O–H groups in total. The van der Waals surface area contributed by atoms with Gasteiger partial charge in [-0.25, -0.2) is 0 Å². The minimum absolute atomic E-state index is 0.0763. The van der Waals surface area contributed by atoms with Crippen LogP contribution in [0.15, 0.2) is 97.1 Å². The van der Waals surface area contributed by atoms with Crippen molar-refractivity contribution in [1.82, 2.24) is 0 Å². The van der Waals surface area contributed by atoms with Crippen LogP contribution in [0.25, 0.3) is 11.5 Å². The molecule has 0 atom stereocenters. The maximum atomic E-state index is 11.3. The van der Waals surface area contributed by atoms with Crippen LogP contribution in [0.2, 0.25) is 0 Å². The van der Waals surface area contributed by atoms with Gasteiger partial charge in [0.15, 0.2) is 0 Å². The van der Waals surface area contributed by atoms with Gasteiger partial charge in [0, 0.05) is 42.0 Å². The Morgan fingerprint density at radius 2 is 1.08 bits per heavy atom. The van der Waals surface area contributed by atoms with Crippen LogP contribution in [0, 0.1) is 30.3 Å². The van der Waals surface area contributed by atoms with Crippen LogP contribution >= 0.6 is 0 Å². The molecule has 0 aliphatic rings. The number of nitro groups is 3. The van der Waals surface area contributed by atoms with Crippen molar-refractivity contribution in [3.05, 3.63) is 139 Å². The molecule has 0 bridgehead atoms. The maximum Gasteiger partial charge on any atom is 0.269 e. The van der Waals surface area contributed by atoms with Gasteiger partial charge < -0.3 is 4.74 Å². The van der Waals surface area contributed by atoms with Crippen LogP contribution in [0.5, 0.6) is 5.75 Å². The van der Waals surface area contributed by atoms with Gasteiger partial charge in [-0.1, -0.05) is 64.9 Å². The summed E-state index contributed by atoms with van der Waals surface area (Å²) in [4.78, 5) is 32.3. The molecule has 0 unspecified atom stereocenters. The molecule has 0 heterocycles.